The van der Waals surface area contributed by atoms with Crippen LogP contribution in [0.15, 0.2) is 18.2 Å². The summed E-state index contributed by atoms with van der Waals surface area (Å²) in [4.78, 5) is 0. The van der Waals surface area contributed by atoms with Gasteiger partial charge in [0.1, 0.15) is 0 Å². The van der Waals surface area contributed by atoms with Crippen molar-refractivity contribution in [2.75, 3.05) is 17.2 Å². The Bertz CT molecular complexity index is 596. The highest BCUT2D eigenvalue weighted by atomic mass is 32.2. The zero-order chi connectivity index (χ0) is 13.8. The summed E-state index contributed by atoms with van der Waals surface area (Å²) >= 11 is 0. The van der Waals surface area contributed by atoms with Crippen molar-refractivity contribution in [1.82, 2.24) is 20.2 Å². The van der Waals surface area contributed by atoms with Crippen molar-refractivity contribution < 1.29 is 4.21 Å². The number of hydrogen-bond acceptors (Lipinski definition) is 5. The van der Waals surface area contributed by atoms with Crippen LogP contribution in [0.5, 0.6) is 0 Å². The predicted molar refractivity (Wildman–Crippen MR) is 76.0 cm³/mol. The highest BCUT2D eigenvalue weighted by Crippen LogP contribution is 2.20. The van der Waals surface area contributed by atoms with Crippen LogP contribution in [0, 0.1) is 6.92 Å². The highest BCUT2D eigenvalue weighted by molar-refractivity contribution is 7.84. The fourth-order valence-electron chi connectivity index (χ4n) is 1.71. The highest BCUT2D eigenvalue weighted by Gasteiger charge is 2.10. The number of nitrogens with two attached hydrogens (primary N) is 1. The number of rotatable bonds is 5. The molecule has 0 aliphatic carbocycles. The molecule has 2 aromatic rings. The van der Waals surface area contributed by atoms with Gasteiger partial charge in [0, 0.05) is 33.6 Å². The van der Waals surface area contributed by atoms with Gasteiger partial charge in [-0.05, 0) is 41.1 Å². The van der Waals surface area contributed by atoms with Crippen LogP contribution in [0.25, 0.3) is 11.4 Å². The SMILES string of the molecule is CCS(=O)CCn1nnnc1-c1ccc(N)c(C)c1. The number of benzene rings is 1. The van der Waals surface area contributed by atoms with Gasteiger partial charge in [-0.15, -0.1) is 5.10 Å². The van der Waals surface area contributed by atoms with Gasteiger partial charge in [-0.2, -0.15) is 0 Å². The number of tetrazole rings is 1. The van der Waals surface area contributed by atoms with E-state index in [1.807, 2.05) is 32.0 Å². The Morgan fingerprint density at radius 1 is 1.42 bits per heavy atom. The van der Waals surface area contributed by atoms with Crippen molar-refractivity contribution in [2.45, 2.75) is 20.4 Å². The Hall–Kier alpha value is -1.76. The number of anilines is 1. The van der Waals surface area contributed by atoms with E-state index in [-0.39, 0.29) is 0 Å². The molecule has 0 radical (unpaired) electrons. The summed E-state index contributed by atoms with van der Waals surface area (Å²) in [5.41, 5.74) is 8.45. The number of aromatic nitrogens is 4. The lowest BCUT2D eigenvalue weighted by atomic mass is 10.1. The van der Waals surface area contributed by atoms with Crippen LogP contribution < -0.4 is 5.73 Å². The van der Waals surface area contributed by atoms with Crippen LogP contribution in [-0.2, 0) is 17.3 Å². The van der Waals surface area contributed by atoms with Crippen molar-refractivity contribution in [2.24, 2.45) is 0 Å². The second-order valence-electron chi connectivity index (χ2n) is 4.23. The minimum absolute atomic E-state index is 0.548. The molecule has 0 amide bonds. The quantitative estimate of drug-likeness (QED) is 0.825. The summed E-state index contributed by atoms with van der Waals surface area (Å²) in [6.45, 7) is 4.39. The number of aryl methyl sites for hydroxylation is 2. The molecule has 102 valence electrons. The van der Waals surface area contributed by atoms with Crippen molar-refractivity contribution in [1.29, 1.82) is 0 Å². The van der Waals surface area contributed by atoms with Gasteiger partial charge >= 0.3 is 0 Å². The molecule has 2 N–H and O–H groups in total. The van der Waals surface area contributed by atoms with Gasteiger partial charge in [-0.1, -0.05) is 6.92 Å². The molecule has 1 aromatic heterocycles. The topological polar surface area (TPSA) is 86.7 Å². The third kappa shape index (κ3) is 3.17. The van der Waals surface area contributed by atoms with Crippen molar-refractivity contribution in [3.05, 3.63) is 23.8 Å². The zero-order valence-corrected chi connectivity index (χ0v) is 11.9. The van der Waals surface area contributed by atoms with Gasteiger partial charge in [-0.3, -0.25) is 4.21 Å². The Labute approximate surface area is 114 Å². The van der Waals surface area contributed by atoms with E-state index in [1.165, 1.54) is 0 Å². The second kappa shape index (κ2) is 5.92. The van der Waals surface area contributed by atoms with E-state index in [0.29, 0.717) is 23.9 Å². The van der Waals surface area contributed by atoms with E-state index in [0.717, 1.165) is 16.8 Å². The van der Waals surface area contributed by atoms with Gasteiger partial charge < -0.3 is 5.73 Å². The minimum Gasteiger partial charge on any atom is -0.399 e. The molecule has 1 heterocycles. The van der Waals surface area contributed by atoms with Crippen molar-refractivity contribution in [3.63, 3.8) is 0 Å². The van der Waals surface area contributed by atoms with Gasteiger partial charge in [0.25, 0.3) is 0 Å². The van der Waals surface area contributed by atoms with E-state index in [2.05, 4.69) is 15.5 Å². The molecule has 1 atom stereocenters. The van der Waals surface area contributed by atoms with Crippen LogP contribution in [0.2, 0.25) is 0 Å². The average molecular weight is 279 g/mol. The monoisotopic (exact) mass is 279 g/mol. The summed E-state index contributed by atoms with van der Waals surface area (Å²) in [5.74, 6) is 1.89. The average Bonchev–Trinajstić information content (AvgIpc) is 2.87. The molecule has 1 aromatic carbocycles. The standard InChI is InChI=1S/C12H17N5OS/c1-3-19(18)7-6-17-12(14-15-16-17)10-4-5-11(13)9(2)8-10/h4-5,8H,3,6-7,13H2,1-2H3. The van der Waals surface area contributed by atoms with Crippen molar-refractivity contribution >= 4 is 16.5 Å². The lowest BCUT2D eigenvalue weighted by Gasteiger charge is -2.06. The minimum atomic E-state index is -0.821. The Kier molecular flexibility index (Phi) is 4.26. The smallest absolute Gasteiger partial charge is 0.182 e. The van der Waals surface area contributed by atoms with E-state index in [1.54, 1.807) is 4.68 Å². The third-order valence-corrected chi connectivity index (χ3v) is 4.19. The largest absolute Gasteiger partial charge is 0.399 e. The van der Waals surface area contributed by atoms with E-state index >= 15 is 0 Å². The van der Waals surface area contributed by atoms with Gasteiger partial charge in [0.05, 0.1) is 6.54 Å². The molecule has 0 saturated carbocycles. The van der Waals surface area contributed by atoms with Gasteiger partial charge in [0.15, 0.2) is 5.82 Å². The molecule has 0 aliphatic heterocycles. The number of hydrogen-bond donors (Lipinski definition) is 1. The van der Waals surface area contributed by atoms with Crippen LogP contribution >= 0.6 is 0 Å². The van der Waals surface area contributed by atoms with E-state index < -0.39 is 10.8 Å². The molecule has 7 heteroatoms. The van der Waals surface area contributed by atoms with Crippen LogP contribution in [0.4, 0.5) is 5.69 Å². The maximum absolute atomic E-state index is 11.5. The molecule has 0 bridgehead atoms. The Morgan fingerprint density at radius 3 is 2.89 bits per heavy atom. The van der Waals surface area contributed by atoms with Crippen LogP contribution in [0.3, 0.4) is 0 Å². The molecule has 2 rings (SSSR count). The first-order valence-electron chi connectivity index (χ1n) is 6.09. The summed E-state index contributed by atoms with van der Waals surface area (Å²) < 4.78 is 13.1. The number of nitrogens with zero attached hydrogens (tertiary/aromatic N) is 4. The van der Waals surface area contributed by atoms with Crippen molar-refractivity contribution in [3.8, 4) is 11.4 Å². The Balaban J connectivity index is 2.23. The number of nitrogen functional groups attached to an aromatic ring is 1. The molecule has 19 heavy (non-hydrogen) atoms. The van der Waals surface area contributed by atoms with Gasteiger partial charge in [0.2, 0.25) is 0 Å². The molecule has 0 fully saturated rings. The molecule has 1 unspecified atom stereocenters. The molecular weight excluding hydrogens is 262 g/mol. The predicted octanol–water partition coefficient (Wildman–Crippen LogP) is 0.999. The molecular formula is C12H17N5OS. The lowest BCUT2D eigenvalue weighted by Crippen LogP contribution is -2.11. The first-order chi connectivity index (χ1) is 9.11. The normalized spacial score (nSPS) is 12.5. The van der Waals surface area contributed by atoms with Gasteiger partial charge in [-0.25, -0.2) is 4.68 Å². The first-order valence-corrected chi connectivity index (χ1v) is 7.58. The third-order valence-electron chi connectivity index (χ3n) is 2.91. The maximum Gasteiger partial charge on any atom is 0.182 e. The Morgan fingerprint density at radius 2 is 2.21 bits per heavy atom. The lowest BCUT2D eigenvalue weighted by molar-refractivity contribution is 0.624. The zero-order valence-electron chi connectivity index (χ0n) is 11.0. The molecule has 0 spiro atoms. The van der Waals surface area contributed by atoms with Crippen LogP contribution in [-0.4, -0.2) is 35.9 Å². The molecule has 0 aliphatic rings. The van der Waals surface area contributed by atoms with Crippen LogP contribution in [0.1, 0.15) is 12.5 Å². The first kappa shape index (κ1) is 13.7. The second-order valence-corrected chi connectivity index (χ2v) is 6.09. The molecule has 0 saturated heterocycles. The molecule has 6 nitrogen and oxygen atoms in total. The summed E-state index contributed by atoms with van der Waals surface area (Å²) in [6.07, 6.45) is 0. The fourth-order valence-corrected chi connectivity index (χ4v) is 2.37. The maximum atomic E-state index is 11.5. The fraction of sp³-hybridized carbons (Fsp3) is 0.417. The summed E-state index contributed by atoms with van der Waals surface area (Å²) in [7, 11) is -0.821. The van der Waals surface area contributed by atoms with E-state index in [9.17, 15) is 4.21 Å². The van der Waals surface area contributed by atoms with E-state index in [4.69, 9.17) is 5.73 Å². The summed E-state index contributed by atoms with van der Waals surface area (Å²) in [5, 5.41) is 11.7. The summed E-state index contributed by atoms with van der Waals surface area (Å²) in [6, 6.07) is 5.68.